The van der Waals surface area contributed by atoms with Gasteiger partial charge in [-0.05, 0) is 43.7 Å². The van der Waals surface area contributed by atoms with E-state index in [-0.39, 0.29) is 5.75 Å². The van der Waals surface area contributed by atoms with Gasteiger partial charge in [0.25, 0.3) is 5.91 Å². The minimum Gasteiger partial charge on any atom is -0.478 e. The lowest BCUT2D eigenvalue weighted by Crippen LogP contribution is -2.34. The number of nitrogens with one attached hydrogen (secondary N) is 1. The SMILES string of the molecule is C/C(=N/NC(=O)[C@H](C)Oc1ccccc1F)c1ccc(N)cc1. The number of nitrogens with zero attached hydrogens (tertiary/aromatic N) is 1. The highest BCUT2D eigenvalue weighted by molar-refractivity contribution is 5.99. The molecular formula is C17H18FN3O2. The smallest absolute Gasteiger partial charge is 0.280 e. The normalized spacial score (nSPS) is 12.6. The molecular weight excluding hydrogens is 297 g/mol. The van der Waals surface area contributed by atoms with Crippen LogP contribution in [0.25, 0.3) is 0 Å². The average molecular weight is 315 g/mol. The molecule has 0 radical (unpaired) electrons. The molecule has 0 spiro atoms. The number of carbonyl (C=O) groups is 1. The van der Waals surface area contributed by atoms with Gasteiger partial charge < -0.3 is 10.5 Å². The third-order valence-electron chi connectivity index (χ3n) is 3.17. The molecule has 2 rings (SSSR count). The zero-order valence-electron chi connectivity index (χ0n) is 12.9. The minimum atomic E-state index is -0.880. The van der Waals surface area contributed by atoms with Crippen LogP contribution in [0, 0.1) is 5.82 Å². The zero-order valence-corrected chi connectivity index (χ0v) is 12.9. The van der Waals surface area contributed by atoms with Crippen LogP contribution in [0.5, 0.6) is 5.75 Å². The highest BCUT2D eigenvalue weighted by Gasteiger charge is 2.16. The fourth-order valence-electron chi connectivity index (χ4n) is 1.80. The summed E-state index contributed by atoms with van der Waals surface area (Å²) in [6.07, 6.45) is -0.880. The Hall–Kier alpha value is -2.89. The van der Waals surface area contributed by atoms with E-state index in [1.54, 1.807) is 43.3 Å². The Kier molecular flexibility index (Phi) is 5.30. The fourth-order valence-corrected chi connectivity index (χ4v) is 1.80. The third kappa shape index (κ3) is 4.54. The topological polar surface area (TPSA) is 76.7 Å². The largest absolute Gasteiger partial charge is 0.478 e. The average Bonchev–Trinajstić information content (AvgIpc) is 2.55. The molecule has 0 saturated heterocycles. The number of ether oxygens (including phenoxy) is 1. The molecule has 0 saturated carbocycles. The Morgan fingerprint density at radius 1 is 1.22 bits per heavy atom. The number of hydrogen-bond acceptors (Lipinski definition) is 4. The van der Waals surface area contributed by atoms with Crippen molar-refractivity contribution in [1.29, 1.82) is 0 Å². The monoisotopic (exact) mass is 315 g/mol. The van der Waals surface area contributed by atoms with Gasteiger partial charge in [0, 0.05) is 5.69 Å². The number of carbonyl (C=O) groups excluding carboxylic acids is 1. The maximum atomic E-state index is 13.5. The van der Waals surface area contributed by atoms with Gasteiger partial charge in [-0.2, -0.15) is 5.10 Å². The third-order valence-corrected chi connectivity index (χ3v) is 3.17. The molecule has 0 heterocycles. The van der Waals surface area contributed by atoms with Crippen molar-refractivity contribution in [2.45, 2.75) is 20.0 Å². The molecule has 0 unspecified atom stereocenters. The van der Waals surface area contributed by atoms with Crippen LogP contribution in [0.2, 0.25) is 0 Å². The van der Waals surface area contributed by atoms with E-state index in [4.69, 9.17) is 10.5 Å². The van der Waals surface area contributed by atoms with E-state index in [2.05, 4.69) is 10.5 Å². The number of hydrazone groups is 1. The van der Waals surface area contributed by atoms with Gasteiger partial charge in [-0.25, -0.2) is 9.82 Å². The molecule has 1 atom stereocenters. The number of amides is 1. The van der Waals surface area contributed by atoms with Crippen LogP contribution in [-0.4, -0.2) is 17.7 Å². The van der Waals surface area contributed by atoms with E-state index in [9.17, 15) is 9.18 Å². The van der Waals surface area contributed by atoms with Crippen molar-refractivity contribution < 1.29 is 13.9 Å². The first-order valence-electron chi connectivity index (χ1n) is 7.08. The van der Waals surface area contributed by atoms with Crippen LogP contribution < -0.4 is 15.9 Å². The van der Waals surface area contributed by atoms with E-state index in [0.29, 0.717) is 11.4 Å². The predicted molar refractivity (Wildman–Crippen MR) is 87.7 cm³/mol. The molecule has 0 fully saturated rings. The van der Waals surface area contributed by atoms with Crippen LogP contribution in [-0.2, 0) is 4.79 Å². The molecule has 120 valence electrons. The number of hydrogen-bond donors (Lipinski definition) is 2. The summed E-state index contributed by atoms with van der Waals surface area (Å²) in [6, 6.07) is 13.0. The highest BCUT2D eigenvalue weighted by Crippen LogP contribution is 2.17. The lowest BCUT2D eigenvalue weighted by molar-refractivity contribution is -0.127. The fraction of sp³-hybridized carbons (Fsp3) is 0.176. The maximum absolute atomic E-state index is 13.5. The van der Waals surface area contributed by atoms with Crippen LogP contribution in [0.15, 0.2) is 53.6 Å². The molecule has 1 amide bonds. The van der Waals surface area contributed by atoms with Crippen molar-refractivity contribution in [3.8, 4) is 5.75 Å². The van der Waals surface area contributed by atoms with Crippen molar-refractivity contribution >= 4 is 17.3 Å². The van der Waals surface area contributed by atoms with E-state index in [1.807, 2.05) is 0 Å². The summed E-state index contributed by atoms with van der Waals surface area (Å²) in [5, 5.41) is 4.01. The van der Waals surface area contributed by atoms with Gasteiger partial charge in [0.15, 0.2) is 17.7 Å². The summed E-state index contributed by atoms with van der Waals surface area (Å²) >= 11 is 0. The van der Waals surface area contributed by atoms with E-state index in [0.717, 1.165) is 5.56 Å². The van der Waals surface area contributed by atoms with Gasteiger partial charge in [-0.3, -0.25) is 4.79 Å². The Labute approximate surface area is 134 Å². The van der Waals surface area contributed by atoms with Crippen molar-refractivity contribution in [2.75, 3.05) is 5.73 Å². The first-order valence-corrected chi connectivity index (χ1v) is 7.08. The number of para-hydroxylation sites is 1. The van der Waals surface area contributed by atoms with Crippen LogP contribution in [0.3, 0.4) is 0 Å². The molecule has 0 aromatic heterocycles. The van der Waals surface area contributed by atoms with Crippen molar-refractivity contribution in [3.63, 3.8) is 0 Å². The van der Waals surface area contributed by atoms with Gasteiger partial charge in [-0.15, -0.1) is 0 Å². The number of nitrogens with two attached hydrogens (primary N) is 1. The molecule has 6 heteroatoms. The molecule has 0 aliphatic rings. The second-order valence-electron chi connectivity index (χ2n) is 4.99. The van der Waals surface area contributed by atoms with Gasteiger partial charge in [0.2, 0.25) is 0 Å². The number of benzene rings is 2. The summed E-state index contributed by atoms with van der Waals surface area (Å²) in [7, 11) is 0. The first kappa shape index (κ1) is 16.5. The molecule has 0 aliphatic carbocycles. The number of halogens is 1. The second-order valence-corrected chi connectivity index (χ2v) is 4.99. The summed E-state index contributed by atoms with van der Waals surface area (Å²) in [6.45, 7) is 3.28. The highest BCUT2D eigenvalue weighted by atomic mass is 19.1. The van der Waals surface area contributed by atoms with Crippen LogP contribution >= 0.6 is 0 Å². The molecule has 5 nitrogen and oxygen atoms in total. The predicted octanol–water partition coefficient (Wildman–Crippen LogP) is 2.72. The van der Waals surface area contributed by atoms with Crippen LogP contribution in [0.1, 0.15) is 19.4 Å². The van der Waals surface area contributed by atoms with Gasteiger partial charge in [0.1, 0.15) is 0 Å². The second kappa shape index (κ2) is 7.40. The quantitative estimate of drug-likeness (QED) is 0.506. The van der Waals surface area contributed by atoms with E-state index < -0.39 is 17.8 Å². The number of rotatable bonds is 5. The molecule has 0 bridgehead atoms. The van der Waals surface area contributed by atoms with E-state index in [1.165, 1.54) is 19.1 Å². The first-order chi connectivity index (χ1) is 11.0. The molecule has 3 N–H and O–H groups in total. The minimum absolute atomic E-state index is 0.0226. The van der Waals surface area contributed by atoms with Gasteiger partial charge in [0.05, 0.1) is 5.71 Å². The molecule has 0 aliphatic heterocycles. The Morgan fingerprint density at radius 3 is 2.52 bits per heavy atom. The standard InChI is InChI=1S/C17H18FN3O2/c1-11(13-7-9-14(19)10-8-13)20-21-17(22)12(2)23-16-6-4-3-5-15(16)18/h3-10,12H,19H2,1-2H3,(H,21,22)/b20-11-/t12-/m0/s1. The lowest BCUT2D eigenvalue weighted by atomic mass is 10.1. The van der Waals surface area contributed by atoms with Gasteiger partial charge >= 0.3 is 0 Å². The lowest BCUT2D eigenvalue weighted by Gasteiger charge is -2.13. The Morgan fingerprint density at radius 2 is 1.87 bits per heavy atom. The number of nitrogen functional groups attached to an aromatic ring is 1. The van der Waals surface area contributed by atoms with Crippen molar-refractivity contribution in [3.05, 3.63) is 59.9 Å². The van der Waals surface area contributed by atoms with Crippen LogP contribution in [0.4, 0.5) is 10.1 Å². The summed E-state index contributed by atoms with van der Waals surface area (Å²) in [5.41, 5.74) is 10.1. The van der Waals surface area contributed by atoms with Gasteiger partial charge in [-0.1, -0.05) is 24.3 Å². The maximum Gasteiger partial charge on any atom is 0.280 e. The summed E-state index contributed by atoms with van der Waals surface area (Å²) in [5.74, 6) is -0.967. The Balaban J connectivity index is 1.97. The van der Waals surface area contributed by atoms with Crippen molar-refractivity contribution in [1.82, 2.24) is 5.43 Å². The van der Waals surface area contributed by atoms with Crippen molar-refractivity contribution in [2.24, 2.45) is 5.10 Å². The Bertz CT molecular complexity index is 714. The van der Waals surface area contributed by atoms with E-state index >= 15 is 0 Å². The zero-order chi connectivity index (χ0) is 16.8. The molecule has 2 aromatic carbocycles. The number of anilines is 1. The summed E-state index contributed by atoms with van der Waals surface area (Å²) < 4.78 is 18.8. The summed E-state index contributed by atoms with van der Waals surface area (Å²) in [4.78, 5) is 12.0. The molecule has 2 aromatic rings. The molecule has 23 heavy (non-hydrogen) atoms.